The Balaban J connectivity index is 1.83. The van der Waals surface area contributed by atoms with E-state index in [4.69, 9.17) is 9.84 Å². The van der Waals surface area contributed by atoms with Crippen molar-refractivity contribution in [2.24, 2.45) is 5.92 Å². The van der Waals surface area contributed by atoms with Crippen molar-refractivity contribution in [2.45, 2.75) is 71.4 Å². The lowest BCUT2D eigenvalue weighted by Gasteiger charge is -2.46. The van der Waals surface area contributed by atoms with E-state index in [9.17, 15) is 23.9 Å². The number of carboxylic acid groups (broad SMARTS) is 1. The van der Waals surface area contributed by atoms with Crippen LogP contribution in [0.2, 0.25) is 0 Å². The molecule has 0 unspecified atom stereocenters. The highest BCUT2D eigenvalue weighted by Crippen LogP contribution is 2.42. The van der Waals surface area contributed by atoms with Crippen LogP contribution in [0.15, 0.2) is 23.5 Å². The van der Waals surface area contributed by atoms with E-state index in [0.29, 0.717) is 38.6 Å². The van der Waals surface area contributed by atoms with Crippen LogP contribution >= 0.6 is 0 Å². The van der Waals surface area contributed by atoms with Gasteiger partial charge in [0.15, 0.2) is 17.2 Å². The van der Waals surface area contributed by atoms with Crippen LogP contribution in [-0.4, -0.2) is 56.8 Å². The number of carbonyl (C=O) groups is 3. The summed E-state index contributed by atoms with van der Waals surface area (Å²) in [6, 6.07) is 2.66. The van der Waals surface area contributed by atoms with E-state index < -0.39 is 40.6 Å². The fourth-order valence-corrected chi connectivity index (χ4v) is 4.46. The van der Waals surface area contributed by atoms with Gasteiger partial charge < -0.3 is 14.9 Å². The van der Waals surface area contributed by atoms with E-state index in [2.05, 4.69) is 11.8 Å². The Hall–Kier alpha value is -3.45. The van der Waals surface area contributed by atoms with Crippen molar-refractivity contribution in [1.29, 1.82) is 0 Å². The van der Waals surface area contributed by atoms with Crippen LogP contribution in [0.5, 0.6) is 0 Å². The number of benzene rings is 1. The van der Waals surface area contributed by atoms with Gasteiger partial charge in [0.2, 0.25) is 0 Å². The summed E-state index contributed by atoms with van der Waals surface area (Å²) in [5.74, 6) is -0.0633. The molecule has 2 heterocycles. The Morgan fingerprint density at radius 3 is 2.62 bits per heavy atom. The topological polar surface area (TPSA) is 107 Å². The summed E-state index contributed by atoms with van der Waals surface area (Å²) >= 11 is 0. The Kier molecular flexibility index (Phi) is 8.92. The van der Waals surface area contributed by atoms with Gasteiger partial charge in [0, 0.05) is 24.9 Å². The zero-order valence-corrected chi connectivity index (χ0v) is 21.3. The first-order valence-electron chi connectivity index (χ1n) is 12.3. The van der Waals surface area contributed by atoms with Gasteiger partial charge >= 0.3 is 11.9 Å². The number of ether oxygens (including phenoxy) is 1. The number of aliphatic carboxylic acids is 1. The minimum absolute atomic E-state index is 0.0171. The third kappa shape index (κ3) is 6.10. The van der Waals surface area contributed by atoms with Crippen LogP contribution in [0.25, 0.3) is 0 Å². The molecule has 1 atom stereocenters. The molecule has 2 aliphatic rings. The first-order valence-corrected chi connectivity index (χ1v) is 12.3. The summed E-state index contributed by atoms with van der Waals surface area (Å²) < 4.78 is 35.0. The zero-order chi connectivity index (χ0) is 27.3. The molecule has 1 aromatic carbocycles. The van der Waals surface area contributed by atoms with Gasteiger partial charge in [-0.2, -0.15) is 0 Å². The molecule has 0 bridgehead atoms. The first-order chi connectivity index (χ1) is 17.5. The fourth-order valence-electron chi connectivity index (χ4n) is 4.46. The number of hydrogen-bond donors (Lipinski definition) is 2. The van der Waals surface area contributed by atoms with Gasteiger partial charge in [0.05, 0.1) is 24.3 Å². The van der Waals surface area contributed by atoms with E-state index in [1.54, 1.807) is 11.9 Å². The highest BCUT2D eigenvalue weighted by Gasteiger charge is 2.53. The number of nitrogens with zero attached hydrogens (tertiary/aromatic N) is 2. The number of carboxylic acids is 1. The van der Waals surface area contributed by atoms with E-state index in [1.807, 2.05) is 13.8 Å². The smallest absolute Gasteiger partial charge is 0.347 e. The maximum atomic E-state index is 15.0. The molecule has 1 saturated heterocycles. The number of hydrogen-bond acceptors (Lipinski definition) is 6. The van der Waals surface area contributed by atoms with Crippen molar-refractivity contribution in [3.8, 4) is 11.8 Å². The van der Waals surface area contributed by atoms with Crippen LogP contribution < -0.4 is 0 Å². The van der Waals surface area contributed by atoms with Crippen LogP contribution in [0.4, 0.5) is 8.78 Å². The second-order valence-corrected chi connectivity index (χ2v) is 9.88. The fraction of sp³-hybridized carbons (Fsp3) is 0.519. The van der Waals surface area contributed by atoms with Crippen molar-refractivity contribution < 1.29 is 38.1 Å². The van der Waals surface area contributed by atoms with Crippen LogP contribution in [0.1, 0.15) is 70.4 Å². The quantitative estimate of drug-likeness (QED) is 0.220. The van der Waals surface area contributed by atoms with Crippen LogP contribution in [0, 0.1) is 29.4 Å². The van der Waals surface area contributed by atoms with Crippen molar-refractivity contribution in [1.82, 2.24) is 10.0 Å². The van der Waals surface area contributed by atoms with Gasteiger partial charge in [-0.3, -0.25) is 14.6 Å². The highest BCUT2D eigenvalue weighted by atomic mass is 19.2. The molecule has 3 rings (SSSR count). The molecule has 1 aromatic rings. The number of aliphatic hydroxyl groups excluding tert-OH is 1. The van der Waals surface area contributed by atoms with Gasteiger partial charge in [0.25, 0.3) is 5.91 Å². The van der Waals surface area contributed by atoms with Crippen LogP contribution in [0.3, 0.4) is 0 Å². The summed E-state index contributed by atoms with van der Waals surface area (Å²) in [5, 5.41) is 22.3. The number of hydrazine groups is 1. The third-order valence-electron chi connectivity index (χ3n) is 6.49. The van der Waals surface area contributed by atoms with Crippen molar-refractivity contribution in [2.75, 3.05) is 13.2 Å². The summed E-state index contributed by atoms with van der Waals surface area (Å²) in [7, 11) is 0. The molecule has 37 heavy (non-hydrogen) atoms. The predicted molar refractivity (Wildman–Crippen MR) is 130 cm³/mol. The molecule has 0 saturated carbocycles. The number of halogens is 2. The van der Waals surface area contributed by atoms with E-state index in [0.717, 1.165) is 0 Å². The average Bonchev–Trinajstić information content (AvgIpc) is 3.24. The average molecular weight is 519 g/mol. The van der Waals surface area contributed by atoms with Gasteiger partial charge in [-0.25, -0.2) is 18.6 Å². The number of esters is 1. The molecule has 1 amide bonds. The Labute approximate surface area is 214 Å². The summed E-state index contributed by atoms with van der Waals surface area (Å²) in [6.07, 6.45) is 2.41. The largest absolute Gasteiger partial charge is 0.509 e. The molecule has 8 nitrogen and oxygen atoms in total. The molecule has 0 radical (unpaired) electrons. The van der Waals surface area contributed by atoms with Gasteiger partial charge in [0.1, 0.15) is 5.76 Å². The molecule has 2 N–H and O–H groups in total. The van der Waals surface area contributed by atoms with Crippen molar-refractivity contribution >= 4 is 17.8 Å². The standard InChI is InChI=1S/C27H32F2N2O6/c1-17(2)16-37-26(36)21-24(34)27(3)13-8-14-31(27)30(25(21)35)15-19-12-11-18(22(28)23(19)29)9-6-4-5-7-10-20(32)33/h11-12,17,34H,4-5,7-8,10,13-16H2,1-3H3,(H,32,33)/t27-/m1/s1. The third-order valence-corrected chi connectivity index (χ3v) is 6.49. The molecule has 0 aliphatic carbocycles. The second-order valence-electron chi connectivity index (χ2n) is 9.88. The predicted octanol–water partition coefficient (Wildman–Crippen LogP) is 4.08. The number of amides is 1. The minimum atomic E-state index is -1.16. The van der Waals surface area contributed by atoms with Crippen molar-refractivity contribution in [3.05, 3.63) is 46.2 Å². The lowest BCUT2D eigenvalue weighted by molar-refractivity contribution is -0.164. The van der Waals surface area contributed by atoms with Gasteiger partial charge in [-0.15, -0.1) is 0 Å². The number of unbranched alkanes of at least 4 members (excludes halogenated alkanes) is 2. The second kappa shape index (κ2) is 11.7. The molecule has 200 valence electrons. The SMILES string of the molecule is CC(C)COC(=O)C1=C(O)[C@@]2(C)CCCN2N(Cc2ccc(C#CCCCCC(=O)O)c(F)c2F)C1=O. The molecule has 0 spiro atoms. The van der Waals surface area contributed by atoms with Crippen LogP contribution in [-0.2, 0) is 25.7 Å². The molecule has 10 heteroatoms. The first kappa shape index (κ1) is 28.1. The Morgan fingerprint density at radius 1 is 1.22 bits per heavy atom. The minimum Gasteiger partial charge on any atom is -0.509 e. The van der Waals surface area contributed by atoms with E-state index in [1.165, 1.54) is 17.1 Å². The Morgan fingerprint density at radius 2 is 1.95 bits per heavy atom. The molecular formula is C27H32F2N2O6. The lowest BCUT2D eigenvalue weighted by atomic mass is 9.91. The zero-order valence-electron chi connectivity index (χ0n) is 21.3. The molecule has 0 aromatic heterocycles. The van der Waals surface area contributed by atoms with E-state index in [-0.39, 0.29) is 42.4 Å². The molecular weight excluding hydrogens is 486 g/mol. The maximum Gasteiger partial charge on any atom is 0.347 e. The lowest BCUT2D eigenvalue weighted by Crippen LogP contribution is -2.60. The highest BCUT2D eigenvalue weighted by molar-refractivity contribution is 6.17. The number of fused-ring (bicyclic) bond motifs is 1. The molecule has 1 fully saturated rings. The molecule has 2 aliphatic heterocycles. The van der Waals surface area contributed by atoms with E-state index >= 15 is 4.39 Å². The monoisotopic (exact) mass is 518 g/mol. The number of carbonyl (C=O) groups excluding carboxylic acids is 2. The van der Waals surface area contributed by atoms with Gasteiger partial charge in [-0.1, -0.05) is 31.8 Å². The summed E-state index contributed by atoms with van der Waals surface area (Å²) in [6.45, 7) is 5.45. The number of rotatable bonds is 9. The Bertz CT molecular complexity index is 1170. The van der Waals surface area contributed by atoms with Crippen molar-refractivity contribution in [3.63, 3.8) is 0 Å². The number of aliphatic hydroxyl groups is 1. The summed E-state index contributed by atoms with van der Waals surface area (Å²) in [5.41, 5.74) is -1.80. The van der Waals surface area contributed by atoms with Gasteiger partial charge in [-0.05, 0) is 44.6 Å². The maximum absolute atomic E-state index is 15.0. The summed E-state index contributed by atoms with van der Waals surface area (Å²) in [4.78, 5) is 36.6. The normalized spacial score (nSPS) is 19.6.